The summed E-state index contributed by atoms with van der Waals surface area (Å²) in [6.45, 7) is 0.994. The fourth-order valence-electron chi connectivity index (χ4n) is 2.12. The van der Waals surface area contributed by atoms with Gasteiger partial charge in [-0.3, -0.25) is 9.59 Å². The summed E-state index contributed by atoms with van der Waals surface area (Å²) in [7, 11) is 0. The predicted octanol–water partition coefficient (Wildman–Crippen LogP) is 3.63. The Morgan fingerprint density at radius 1 is 1.04 bits per heavy atom. The number of carbonyl (C=O) groups is 3. The fourth-order valence-corrected chi connectivity index (χ4v) is 3.73. The van der Waals surface area contributed by atoms with Crippen molar-refractivity contribution in [3.05, 3.63) is 52.9 Å². The van der Waals surface area contributed by atoms with Crippen molar-refractivity contribution in [3.63, 3.8) is 0 Å². The van der Waals surface area contributed by atoms with Gasteiger partial charge in [-0.25, -0.2) is 9.78 Å². The van der Waals surface area contributed by atoms with Crippen molar-refractivity contribution in [2.75, 3.05) is 17.2 Å². The Labute approximate surface area is 163 Å². The summed E-state index contributed by atoms with van der Waals surface area (Å²) in [4.78, 5) is 40.2. The molecular weight excluding hydrogens is 386 g/mol. The van der Waals surface area contributed by atoms with Gasteiger partial charge in [-0.1, -0.05) is 6.07 Å². The number of nitrogens with zero attached hydrogens (tertiary/aromatic N) is 1. The molecule has 0 aliphatic rings. The van der Waals surface area contributed by atoms with Crippen LogP contribution in [-0.4, -0.2) is 29.4 Å². The van der Waals surface area contributed by atoms with Crippen LogP contribution in [-0.2, 0) is 14.3 Å². The third kappa shape index (κ3) is 5.22. The Morgan fingerprint density at radius 2 is 1.74 bits per heavy atom. The predicted molar refractivity (Wildman–Crippen MR) is 105 cm³/mol. The monoisotopic (exact) mass is 401 g/mol. The Bertz CT molecular complexity index is 949. The zero-order valence-corrected chi connectivity index (χ0v) is 15.9. The molecule has 3 aromatic rings. The summed E-state index contributed by atoms with van der Waals surface area (Å²) < 4.78 is 5.01. The van der Waals surface area contributed by atoms with Crippen molar-refractivity contribution in [2.45, 2.75) is 6.92 Å². The molecule has 0 radical (unpaired) electrons. The zero-order valence-electron chi connectivity index (χ0n) is 14.2. The highest BCUT2D eigenvalue weighted by Gasteiger charge is 2.15. The van der Waals surface area contributed by atoms with Crippen LogP contribution in [0.2, 0.25) is 0 Å². The number of thiophene rings is 1. The number of rotatable bonds is 6. The maximum absolute atomic E-state index is 12.0. The van der Waals surface area contributed by atoms with E-state index in [4.69, 9.17) is 4.74 Å². The van der Waals surface area contributed by atoms with Crippen molar-refractivity contribution >= 4 is 51.8 Å². The minimum Gasteiger partial charge on any atom is -0.451 e. The third-order valence-electron chi connectivity index (χ3n) is 3.27. The zero-order chi connectivity index (χ0) is 19.2. The first-order valence-electron chi connectivity index (χ1n) is 7.85. The van der Waals surface area contributed by atoms with E-state index in [0.29, 0.717) is 11.4 Å². The van der Waals surface area contributed by atoms with E-state index in [0.717, 1.165) is 9.88 Å². The smallest absolute Gasteiger partial charge is 0.358 e. The maximum atomic E-state index is 12.0. The van der Waals surface area contributed by atoms with Crippen LogP contribution in [0.25, 0.3) is 9.88 Å². The van der Waals surface area contributed by atoms with Crippen LogP contribution in [0.15, 0.2) is 47.2 Å². The van der Waals surface area contributed by atoms with E-state index in [9.17, 15) is 14.4 Å². The van der Waals surface area contributed by atoms with Gasteiger partial charge < -0.3 is 15.4 Å². The summed E-state index contributed by atoms with van der Waals surface area (Å²) in [6, 6.07) is 10.4. The van der Waals surface area contributed by atoms with Crippen LogP contribution in [0.1, 0.15) is 17.4 Å². The average Bonchev–Trinajstić information content (AvgIpc) is 3.32. The van der Waals surface area contributed by atoms with Crippen LogP contribution in [0, 0.1) is 0 Å². The van der Waals surface area contributed by atoms with Crippen LogP contribution in [0.3, 0.4) is 0 Å². The molecule has 0 aliphatic carbocycles. The Morgan fingerprint density at radius 3 is 2.37 bits per heavy atom. The molecule has 2 aromatic heterocycles. The van der Waals surface area contributed by atoms with E-state index >= 15 is 0 Å². The molecule has 2 amide bonds. The molecule has 9 heteroatoms. The van der Waals surface area contributed by atoms with Gasteiger partial charge in [-0.2, -0.15) is 0 Å². The van der Waals surface area contributed by atoms with Gasteiger partial charge in [0.1, 0.15) is 5.01 Å². The topological polar surface area (TPSA) is 97.4 Å². The first kappa shape index (κ1) is 18.7. The third-order valence-corrected chi connectivity index (χ3v) is 5.15. The molecule has 1 aromatic carbocycles. The standard InChI is InChI=1S/C18H15N3O4S2/c1-11(22)19-12-4-6-13(7-5-12)20-16(23)9-25-18(24)14-10-27-17(21-14)15-3-2-8-26-15/h2-8,10H,9H2,1H3,(H,19,22)(H,20,23). The van der Waals surface area contributed by atoms with E-state index in [1.165, 1.54) is 29.6 Å². The second-order valence-electron chi connectivity index (χ2n) is 5.40. The number of ether oxygens (including phenoxy) is 1. The quantitative estimate of drug-likeness (QED) is 0.615. The number of aromatic nitrogens is 1. The molecule has 0 spiro atoms. The maximum Gasteiger partial charge on any atom is 0.358 e. The number of thiazole rings is 1. The first-order chi connectivity index (χ1) is 13.0. The van der Waals surface area contributed by atoms with Crippen LogP contribution >= 0.6 is 22.7 Å². The molecule has 0 atom stereocenters. The van der Waals surface area contributed by atoms with E-state index < -0.39 is 18.5 Å². The second kappa shape index (κ2) is 8.56. The summed E-state index contributed by atoms with van der Waals surface area (Å²) in [5.41, 5.74) is 1.33. The Hall–Kier alpha value is -3.04. The molecule has 2 heterocycles. The highest BCUT2D eigenvalue weighted by Crippen LogP contribution is 2.27. The minimum atomic E-state index is -0.648. The lowest BCUT2D eigenvalue weighted by atomic mass is 10.2. The van der Waals surface area contributed by atoms with Gasteiger partial charge in [-0.05, 0) is 35.7 Å². The van der Waals surface area contributed by atoms with E-state index in [-0.39, 0.29) is 11.6 Å². The number of hydrogen-bond donors (Lipinski definition) is 2. The summed E-state index contributed by atoms with van der Waals surface area (Å²) in [5.74, 6) is -1.29. The molecule has 27 heavy (non-hydrogen) atoms. The van der Waals surface area contributed by atoms with Gasteiger partial charge >= 0.3 is 5.97 Å². The molecule has 0 aliphatic heterocycles. The molecule has 3 rings (SSSR count). The van der Waals surface area contributed by atoms with Crippen LogP contribution < -0.4 is 10.6 Å². The van der Waals surface area contributed by atoms with E-state index in [1.807, 2.05) is 17.5 Å². The van der Waals surface area contributed by atoms with Crippen molar-refractivity contribution < 1.29 is 19.1 Å². The average molecular weight is 401 g/mol. The van der Waals surface area contributed by atoms with Gasteiger partial charge in [0.2, 0.25) is 5.91 Å². The fraction of sp³-hybridized carbons (Fsp3) is 0.111. The largest absolute Gasteiger partial charge is 0.451 e. The molecule has 0 saturated carbocycles. The highest BCUT2D eigenvalue weighted by atomic mass is 32.1. The summed E-state index contributed by atoms with van der Waals surface area (Å²) in [6.07, 6.45) is 0. The lowest BCUT2D eigenvalue weighted by molar-refractivity contribution is -0.119. The Balaban J connectivity index is 1.50. The SMILES string of the molecule is CC(=O)Nc1ccc(NC(=O)COC(=O)c2csc(-c3cccs3)n2)cc1. The second-order valence-corrected chi connectivity index (χ2v) is 7.20. The van der Waals surface area contributed by atoms with Gasteiger partial charge in [0, 0.05) is 23.7 Å². The number of carbonyl (C=O) groups excluding carboxylic acids is 3. The normalized spacial score (nSPS) is 10.3. The van der Waals surface area contributed by atoms with Crippen molar-refractivity contribution in [2.24, 2.45) is 0 Å². The van der Waals surface area contributed by atoms with Gasteiger partial charge in [0.05, 0.1) is 4.88 Å². The molecular formula is C18H15N3O4S2. The number of amides is 2. The van der Waals surface area contributed by atoms with Crippen molar-refractivity contribution in [1.82, 2.24) is 4.98 Å². The van der Waals surface area contributed by atoms with E-state index in [1.54, 1.807) is 29.6 Å². The highest BCUT2D eigenvalue weighted by molar-refractivity contribution is 7.20. The van der Waals surface area contributed by atoms with Crippen LogP contribution in [0.5, 0.6) is 0 Å². The minimum absolute atomic E-state index is 0.177. The molecule has 138 valence electrons. The number of nitrogens with one attached hydrogen (secondary N) is 2. The van der Waals surface area contributed by atoms with Gasteiger partial charge in [-0.15, -0.1) is 22.7 Å². The lowest BCUT2D eigenvalue weighted by Gasteiger charge is -2.07. The summed E-state index contributed by atoms with van der Waals surface area (Å²) >= 11 is 2.88. The molecule has 2 N–H and O–H groups in total. The van der Waals surface area contributed by atoms with Gasteiger partial charge in [0.25, 0.3) is 5.91 Å². The molecule has 0 unspecified atom stereocenters. The lowest BCUT2D eigenvalue weighted by Crippen LogP contribution is -2.21. The van der Waals surface area contributed by atoms with E-state index in [2.05, 4.69) is 15.6 Å². The van der Waals surface area contributed by atoms with Gasteiger partial charge in [0.15, 0.2) is 12.3 Å². The number of hydrogen-bond acceptors (Lipinski definition) is 7. The number of esters is 1. The number of benzene rings is 1. The first-order valence-corrected chi connectivity index (χ1v) is 9.61. The van der Waals surface area contributed by atoms with Crippen LogP contribution in [0.4, 0.5) is 11.4 Å². The summed E-state index contributed by atoms with van der Waals surface area (Å²) in [5, 5.41) is 9.52. The van der Waals surface area contributed by atoms with Crippen molar-refractivity contribution in [1.29, 1.82) is 0 Å². The molecule has 0 bridgehead atoms. The molecule has 0 fully saturated rings. The number of anilines is 2. The van der Waals surface area contributed by atoms with Crippen molar-refractivity contribution in [3.8, 4) is 9.88 Å². The molecule has 0 saturated heterocycles. The Kier molecular flexibility index (Phi) is 5.94. The molecule has 7 nitrogen and oxygen atoms in total.